The largest absolute Gasteiger partial charge is 0.486 e. The second-order valence-electron chi connectivity index (χ2n) is 3.27. The van der Waals surface area contributed by atoms with Crippen molar-refractivity contribution in [2.24, 2.45) is 0 Å². The first-order chi connectivity index (χ1) is 7.27. The van der Waals surface area contributed by atoms with E-state index in [-0.39, 0.29) is 0 Å². The number of fused-ring (bicyclic) bond motifs is 2. The third kappa shape index (κ3) is 1.37. The Labute approximate surface area is 103 Å². The summed E-state index contributed by atoms with van der Waals surface area (Å²) in [4.78, 5) is 3.18. The van der Waals surface area contributed by atoms with Crippen LogP contribution in [0.2, 0.25) is 0 Å². The molecule has 5 heteroatoms. The van der Waals surface area contributed by atoms with Crippen molar-refractivity contribution in [2.75, 3.05) is 13.2 Å². The van der Waals surface area contributed by atoms with Crippen LogP contribution in [0.3, 0.4) is 0 Å². The fraction of sp³-hybridized carbons (Fsp3) is 0.200. The highest BCUT2D eigenvalue weighted by atomic mass is 79.9. The highest BCUT2D eigenvalue weighted by molar-refractivity contribution is 9.11. The number of aromatic nitrogens is 1. The lowest BCUT2D eigenvalue weighted by atomic mass is 10.2. The van der Waals surface area contributed by atoms with Crippen molar-refractivity contribution in [3.8, 4) is 11.5 Å². The molecule has 2 heterocycles. The van der Waals surface area contributed by atoms with Gasteiger partial charge >= 0.3 is 0 Å². The van der Waals surface area contributed by atoms with Crippen LogP contribution in [-0.2, 0) is 0 Å². The zero-order chi connectivity index (χ0) is 10.4. The third-order valence-corrected chi connectivity index (χ3v) is 3.79. The van der Waals surface area contributed by atoms with Crippen molar-refractivity contribution in [3.05, 3.63) is 21.2 Å². The van der Waals surface area contributed by atoms with E-state index < -0.39 is 0 Å². The van der Waals surface area contributed by atoms with E-state index in [1.165, 1.54) is 0 Å². The van der Waals surface area contributed by atoms with Gasteiger partial charge in [0.1, 0.15) is 13.2 Å². The maximum Gasteiger partial charge on any atom is 0.177 e. The number of halogens is 2. The minimum absolute atomic E-state index is 0.596. The van der Waals surface area contributed by atoms with E-state index in [0.717, 1.165) is 31.3 Å². The first kappa shape index (κ1) is 9.54. The van der Waals surface area contributed by atoms with Gasteiger partial charge in [0, 0.05) is 16.1 Å². The van der Waals surface area contributed by atoms with Crippen LogP contribution in [0.5, 0.6) is 11.5 Å². The van der Waals surface area contributed by atoms with Crippen LogP contribution >= 0.6 is 31.9 Å². The summed E-state index contributed by atoms with van der Waals surface area (Å²) >= 11 is 7.00. The lowest BCUT2D eigenvalue weighted by molar-refractivity contribution is 0.171. The Hall–Kier alpha value is -0.680. The van der Waals surface area contributed by atoms with Crippen molar-refractivity contribution in [3.63, 3.8) is 0 Å². The van der Waals surface area contributed by atoms with Crippen LogP contribution in [0.25, 0.3) is 10.9 Å². The summed E-state index contributed by atoms with van der Waals surface area (Å²) in [5, 5.41) is 1.09. The fourth-order valence-corrected chi connectivity index (χ4v) is 2.75. The molecule has 0 spiro atoms. The van der Waals surface area contributed by atoms with E-state index >= 15 is 0 Å². The summed E-state index contributed by atoms with van der Waals surface area (Å²) < 4.78 is 13.1. The molecule has 0 radical (unpaired) electrons. The smallest absolute Gasteiger partial charge is 0.177 e. The molecule has 0 atom stereocenters. The molecule has 1 aliphatic heterocycles. The molecule has 3 rings (SSSR count). The average Bonchev–Trinajstić information content (AvgIpc) is 2.62. The highest BCUT2D eigenvalue weighted by Crippen LogP contribution is 2.44. The van der Waals surface area contributed by atoms with Crippen LogP contribution in [0.15, 0.2) is 21.2 Å². The number of hydrogen-bond donors (Lipinski definition) is 1. The fourth-order valence-electron chi connectivity index (χ4n) is 1.69. The lowest BCUT2D eigenvalue weighted by Crippen LogP contribution is -2.15. The molecule has 0 aliphatic carbocycles. The van der Waals surface area contributed by atoms with E-state index in [1.54, 1.807) is 0 Å². The molecule has 1 aromatic carbocycles. The molecular formula is C10H7Br2NO2. The molecule has 2 aromatic rings. The van der Waals surface area contributed by atoms with Gasteiger partial charge in [-0.3, -0.25) is 0 Å². The Morgan fingerprint density at radius 3 is 2.87 bits per heavy atom. The number of ether oxygens (including phenoxy) is 2. The molecule has 15 heavy (non-hydrogen) atoms. The molecule has 1 N–H and O–H groups in total. The van der Waals surface area contributed by atoms with Crippen LogP contribution in [0.1, 0.15) is 0 Å². The Bertz CT molecular complexity index is 536. The number of benzene rings is 1. The lowest BCUT2D eigenvalue weighted by Gasteiger charge is -2.19. The van der Waals surface area contributed by atoms with Crippen LogP contribution < -0.4 is 9.47 Å². The predicted molar refractivity (Wildman–Crippen MR) is 64.7 cm³/mol. The maximum absolute atomic E-state index is 5.56. The third-order valence-electron chi connectivity index (χ3n) is 2.38. The molecule has 0 saturated carbocycles. The van der Waals surface area contributed by atoms with Crippen LogP contribution in [0.4, 0.5) is 0 Å². The van der Waals surface area contributed by atoms with Gasteiger partial charge in [-0.2, -0.15) is 0 Å². The summed E-state index contributed by atoms with van der Waals surface area (Å²) in [5.74, 6) is 1.57. The molecule has 78 valence electrons. The maximum atomic E-state index is 5.56. The van der Waals surface area contributed by atoms with Crippen molar-refractivity contribution < 1.29 is 9.47 Å². The van der Waals surface area contributed by atoms with Crippen LogP contribution in [-0.4, -0.2) is 18.2 Å². The zero-order valence-electron chi connectivity index (χ0n) is 7.64. The van der Waals surface area contributed by atoms with Crippen molar-refractivity contribution in [1.82, 2.24) is 4.98 Å². The molecule has 1 aliphatic rings. The summed E-state index contributed by atoms with van der Waals surface area (Å²) in [6, 6.07) is 1.98. The molecule has 3 nitrogen and oxygen atoms in total. The van der Waals surface area contributed by atoms with Gasteiger partial charge in [0.2, 0.25) is 0 Å². The van der Waals surface area contributed by atoms with Crippen molar-refractivity contribution in [2.45, 2.75) is 0 Å². The van der Waals surface area contributed by atoms with E-state index in [2.05, 4.69) is 36.8 Å². The van der Waals surface area contributed by atoms with Crippen molar-refractivity contribution in [1.29, 1.82) is 0 Å². The van der Waals surface area contributed by atoms with Gasteiger partial charge in [-0.1, -0.05) is 0 Å². The van der Waals surface area contributed by atoms with Gasteiger partial charge in [-0.25, -0.2) is 0 Å². The summed E-state index contributed by atoms with van der Waals surface area (Å²) in [5.41, 5.74) is 1.02. The summed E-state index contributed by atoms with van der Waals surface area (Å²) in [6.07, 6.45) is 1.90. The SMILES string of the molecule is Brc1c[nH]c2c(Br)c3c(cc12)OCCO3. The predicted octanol–water partition coefficient (Wildman–Crippen LogP) is 3.46. The average molecular weight is 333 g/mol. The number of rotatable bonds is 0. The van der Waals surface area contributed by atoms with E-state index in [9.17, 15) is 0 Å². The number of hydrogen-bond acceptors (Lipinski definition) is 2. The molecular weight excluding hydrogens is 326 g/mol. The highest BCUT2D eigenvalue weighted by Gasteiger charge is 2.19. The van der Waals surface area contributed by atoms with Gasteiger partial charge in [0.15, 0.2) is 11.5 Å². The first-order valence-corrected chi connectivity index (χ1v) is 6.10. The molecule has 1 aromatic heterocycles. The number of H-pyrrole nitrogens is 1. The Morgan fingerprint density at radius 1 is 1.20 bits per heavy atom. The first-order valence-electron chi connectivity index (χ1n) is 4.52. The molecule has 0 fully saturated rings. The van der Waals surface area contributed by atoms with Gasteiger partial charge in [-0.05, 0) is 37.9 Å². The molecule has 0 saturated heterocycles. The Kier molecular flexibility index (Phi) is 2.17. The molecule has 0 bridgehead atoms. The van der Waals surface area contributed by atoms with Crippen LogP contribution in [0, 0.1) is 0 Å². The zero-order valence-corrected chi connectivity index (χ0v) is 10.8. The monoisotopic (exact) mass is 331 g/mol. The van der Waals surface area contributed by atoms with E-state index in [0.29, 0.717) is 13.2 Å². The van der Waals surface area contributed by atoms with Gasteiger partial charge in [-0.15, -0.1) is 0 Å². The molecule has 0 unspecified atom stereocenters. The summed E-state index contributed by atoms with van der Waals surface area (Å²) in [6.45, 7) is 1.20. The Morgan fingerprint density at radius 2 is 2.00 bits per heavy atom. The van der Waals surface area contributed by atoms with Gasteiger partial charge in [0.25, 0.3) is 0 Å². The minimum Gasteiger partial charge on any atom is -0.486 e. The minimum atomic E-state index is 0.596. The number of aromatic amines is 1. The normalized spacial score (nSPS) is 14.5. The second kappa shape index (κ2) is 3.42. The van der Waals surface area contributed by atoms with Gasteiger partial charge in [0.05, 0.1) is 9.99 Å². The summed E-state index contributed by atoms with van der Waals surface area (Å²) in [7, 11) is 0. The van der Waals surface area contributed by atoms with E-state index in [4.69, 9.17) is 9.47 Å². The van der Waals surface area contributed by atoms with Gasteiger partial charge < -0.3 is 14.5 Å². The Balaban J connectivity index is 2.37. The topological polar surface area (TPSA) is 34.2 Å². The van der Waals surface area contributed by atoms with Crippen molar-refractivity contribution >= 4 is 42.8 Å². The number of nitrogens with one attached hydrogen (secondary N) is 1. The molecule has 0 amide bonds. The van der Waals surface area contributed by atoms with E-state index in [1.807, 2.05) is 12.3 Å². The second-order valence-corrected chi connectivity index (χ2v) is 4.92. The quantitative estimate of drug-likeness (QED) is 0.801. The standard InChI is InChI=1S/C10H7Br2NO2/c11-6-4-13-9-5(6)3-7-10(8(9)12)15-2-1-14-7/h3-4,13H,1-2H2.